The van der Waals surface area contributed by atoms with Gasteiger partial charge >= 0.3 is 0 Å². The van der Waals surface area contributed by atoms with Crippen molar-refractivity contribution in [3.05, 3.63) is 99.9 Å². The zero-order valence-electron chi connectivity index (χ0n) is 22.7. The average molecular weight is 600 g/mol. The van der Waals surface area contributed by atoms with Gasteiger partial charge in [-0.05, 0) is 36.1 Å². The van der Waals surface area contributed by atoms with E-state index in [9.17, 15) is 14.4 Å². The Morgan fingerprint density at radius 2 is 1.86 bits per heavy atom. The predicted octanol–water partition coefficient (Wildman–Crippen LogP) is 4.50. The Labute approximate surface area is 252 Å². The van der Waals surface area contributed by atoms with Gasteiger partial charge in [0, 0.05) is 46.9 Å². The fourth-order valence-electron chi connectivity index (χ4n) is 6.18. The summed E-state index contributed by atoms with van der Waals surface area (Å²) in [5.74, 6) is -1.02. The average Bonchev–Trinajstić information content (AvgIpc) is 3.42. The number of amides is 2. The quantitative estimate of drug-likeness (QED) is 0.196. The molecule has 2 heterocycles. The van der Waals surface area contributed by atoms with Crippen molar-refractivity contribution in [1.29, 1.82) is 0 Å². The van der Waals surface area contributed by atoms with E-state index in [0.717, 1.165) is 17.5 Å². The number of piperidine rings is 1. The number of carbonyl (C=O) groups excluding carboxylic acids is 3. The molecule has 214 valence electrons. The molecule has 2 aliphatic rings. The number of hydrogen-bond acceptors (Lipinski definition) is 7. The van der Waals surface area contributed by atoms with Gasteiger partial charge in [-0.1, -0.05) is 72.8 Å². The van der Waals surface area contributed by atoms with E-state index < -0.39 is 17.4 Å². The molecule has 7 N–H and O–H groups in total. The highest BCUT2D eigenvalue weighted by Crippen LogP contribution is 2.51. The smallest absolute Gasteiger partial charge is 0.262 e. The maximum Gasteiger partial charge on any atom is 0.262 e. The number of anilines is 1. The summed E-state index contributed by atoms with van der Waals surface area (Å²) in [5, 5.41) is 4.00. The highest BCUT2D eigenvalue weighted by molar-refractivity contribution is 7.21. The van der Waals surface area contributed by atoms with Crippen molar-refractivity contribution in [2.45, 2.75) is 30.5 Å². The molecule has 0 spiro atoms. The van der Waals surface area contributed by atoms with Crippen LogP contribution in [0.25, 0.3) is 21.2 Å². The summed E-state index contributed by atoms with van der Waals surface area (Å²) in [6.45, 7) is 4.54. The topological polar surface area (TPSA) is 145 Å². The molecule has 10 heteroatoms. The van der Waals surface area contributed by atoms with Crippen LogP contribution in [0.3, 0.4) is 0 Å². The van der Waals surface area contributed by atoms with Gasteiger partial charge < -0.3 is 27.4 Å². The number of ketones is 1. The van der Waals surface area contributed by atoms with Gasteiger partial charge in [0.15, 0.2) is 5.78 Å². The SMILES string of the molecule is C=CC(=O)N1CCCC(NC(=O)c2sc3c(N)ccc4c3c2C(N)C(=O)C4(N)c2cccc(-c3ccccc3)c2Cl)C1. The molecule has 2 amide bonds. The molecule has 0 bridgehead atoms. The van der Waals surface area contributed by atoms with Crippen LogP contribution >= 0.6 is 22.9 Å². The monoisotopic (exact) mass is 599 g/mol. The van der Waals surface area contributed by atoms with Crippen molar-refractivity contribution in [2.24, 2.45) is 11.5 Å². The Morgan fingerprint density at radius 1 is 1.10 bits per heavy atom. The van der Waals surface area contributed by atoms with Crippen LogP contribution in [0, 0.1) is 0 Å². The molecule has 3 unspecified atom stereocenters. The first-order chi connectivity index (χ1) is 20.2. The Kier molecular flexibility index (Phi) is 7.14. The molecule has 4 aromatic rings. The van der Waals surface area contributed by atoms with Crippen LogP contribution in [0.1, 0.15) is 45.2 Å². The number of Topliss-reactive ketones (excluding diaryl/α,β-unsaturated/α-hetero) is 1. The molecular weight excluding hydrogens is 570 g/mol. The number of halogens is 1. The molecule has 1 aliphatic heterocycles. The molecule has 1 fully saturated rings. The number of rotatable bonds is 5. The van der Waals surface area contributed by atoms with E-state index in [-0.39, 0.29) is 17.9 Å². The van der Waals surface area contributed by atoms with Gasteiger partial charge in [-0.2, -0.15) is 0 Å². The van der Waals surface area contributed by atoms with Crippen LogP contribution in [0.5, 0.6) is 0 Å². The highest BCUT2D eigenvalue weighted by Gasteiger charge is 2.50. The van der Waals surface area contributed by atoms with Crippen molar-refractivity contribution in [2.75, 3.05) is 18.8 Å². The number of benzene rings is 3. The van der Waals surface area contributed by atoms with Crippen LogP contribution in [0.15, 0.2) is 73.3 Å². The number of nitrogens with two attached hydrogens (primary N) is 3. The normalized spacial score (nSPS) is 21.8. The second kappa shape index (κ2) is 10.7. The number of nitrogens with zero attached hydrogens (tertiary/aromatic N) is 1. The van der Waals surface area contributed by atoms with Gasteiger partial charge in [-0.25, -0.2) is 0 Å². The van der Waals surface area contributed by atoms with Crippen molar-refractivity contribution >= 4 is 56.3 Å². The standard InChI is InChI=1S/C32H30ClN5O3S/c1-2-23(39)38-15-7-10-18(16-38)37-31(41)29-25-24-20(13-14-22(34)28(24)42-29)32(36,30(40)27(25)35)21-12-6-11-19(26(21)33)17-8-4-3-5-9-17/h2-6,8-9,11-14,18,27H,1,7,10,15-16,34-36H2,(H,37,41). The van der Waals surface area contributed by atoms with E-state index in [4.69, 9.17) is 28.8 Å². The highest BCUT2D eigenvalue weighted by atomic mass is 35.5. The fourth-order valence-corrected chi connectivity index (χ4v) is 7.77. The molecule has 6 rings (SSSR count). The second-order valence-electron chi connectivity index (χ2n) is 10.7. The minimum absolute atomic E-state index is 0.176. The number of likely N-dealkylation sites (tertiary alicyclic amines) is 1. The summed E-state index contributed by atoms with van der Waals surface area (Å²) in [6.07, 6.45) is 2.74. The number of thiophene rings is 1. The molecule has 8 nitrogen and oxygen atoms in total. The van der Waals surface area contributed by atoms with E-state index in [1.54, 1.807) is 23.1 Å². The van der Waals surface area contributed by atoms with Crippen molar-refractivity contribution in [1.82, 2.24) is 10.2 Å². The minimum Gasteiger partial charge on any atom is -0.398 e. The fraction of sp³-hybridized carbons (Fsp3) is 0.219. The maximum absolute atomic E-state index is 14.2. The van der Waals surface area contributed by atoms with Crippen LogP contribution in [0.2, 0.25) is 5.02 Å². The summed E-state index contributed by atoms with van der Waals surface area (Å²) < 4.78 is 0.632. The first-order valence-electron chi connectivity index (χ1n) is 13.7. The lowest BCUT2D eigenvalue weighted by Crippen LogP contribution is -2.53. The second-order valence-corrected chi connectivity index (χ2v) is 12.1. The van der Waals surface area contributed by atoms with Crippen LogP contribution in [-0.4, -0.2) is 41.6 Å². The van der Waals surface area contributed by atoms with Crippen LogP contribution in [-0.2, 0) is 15.1 Å². The number of nitrogen functional groups attached to an aromatic ring is 1. The number of carbonyl (C=O) groups is 3. The lowest BCUT2D eigenvalue weighted by atomic mass is 9.70. The molecule has 0 saturated carbocycles. The predicted molar refractivity (Wildman–Crippen MR) is 167 cm³/mol. The summed E-state index contributed by atoms with van der Waals surface area (Å²) in [7, 11) is 0. The van der Waals surface area contributed by atoms with Crippen molar-refractivity contribution < 1.29 is 14.4 Å². The zero-order chi connectivity index (χ0) is 29.8. The van der Waals surface area contributed by atoms with Crippen molar-refractivity contribution in [3.63, 3.8) is 0 Å². The van der Waals surface area contributed by atoms with E-state index in [2.05, 4.69) is 11.9 Å². The third-order valence-corrected chi connectivity index (χ3v) is 9.93. The minimum atomic E-state index is -1.68. The van der Waals surface area contributed by atoms with Gasteiger partial charge in [-0.15, -0.1) is 11.3 Å². The largest absolute Gasteiger partial charge is 0.398 e. The van der Waals surface area contributed by atoms with E-state index in [0.29, 0.717) is 61.9 Å². The maximum atomic E-state index is 14.2. The molecule has 1 aliphatic carbocycles. The van der Waals surface area contributed by atoms with Crippen molar-refractivity contribution in [3.8, 4) is 11.1 Å². The number of nitrogens with one attached hydrogen (secondary N) is 1. The van der Waals surface area contributed by atoms with Crippen LogP contribution in [0.4, 0.5) is 5.69 Å². The lowest BCUT2D eigenvalue weighted by Gasteiger charge is -2.37. The Bertz CT molecular complexity index is 1770. The summed E-state index contributed by atoms with van der Waals surface area (Å²) in [5.41, 5.74) is 21.9. The van der Waals surface area contributed by atoms with Gasteiger partial charge in [0.25, 0.3) is 5.91 Å². The molecule has 0 radical (unpaired) electrons. The van der Waals surface area contributed by atoms with E-state index in [1.807, 2.05) is 42.5 Å². The third-order valence-electron chi connectivity index (χ3n) is 8.27. The molecular formula is C32H30ClN5O3S. The lowest BCUT2D eigenvalue weighted by molar-refractivity contribution is -0.127. The first kappa shape index (κ1) is 28.1. The van der Waals surface area contributed by atoms with Gasteiger partial charge in [0.2, 0.25) is 5.91 Å². The Morgan fingerprint density at radius 3 is 2.60 bits per heavy atom. The first-order valence-corrected chi connectivity index (χ1v) is 14.9. The van der Waals surface area contributed by atoms with E-state index >= 15 is 0 Å². The summed E-state index contributed by atoms with van der Waals surface area (Å²) in [6, 6.07) is 17.0. The molecule has 42 heavy (non-hydrogen) atoms. The Hall–Kier alpha value is -4.02. The molecule has 1 aromatic heterocycles. The Balaban J connectivity index is 1.46. The molecule has 3 aromatic carbocycles. The van der Waals surface area contributed by atoms with Crippen LogP contribution < -0.4 is 22.5 Å². The summed E-state index contributed by atoms with van der Waals surface area (Å²) in [4.78, 5) is 42.1. The van der Waals surface area contributed by atoms with E-state index in [1.165, 1.54) is 17.4 Å². The zero-order valence-corrected chi connectivity index (χ0v) is 24.3. The molecule has 1 saturated heterocycles. The van der Waals surface area contributed by atoms with Gasteiger partial charge in [-0.3, -0.25) is 14.4 Å². The molecule has 3 atom stereocenters. The summed E-state index contributed by atoms with van der Waals surface area (Å²) >= 11 is 8.18. The van der Waals surface area contributed by atoms with Gasteiger partial charge in [0.1, 0.15) is 5.54 Å². The third kappa shape index (κ3) is 4.32. The van der Waals surface area contributed by atoms with Gasteiger partial charge in [0.05, 0.1) is 20.6 Å². The number of hydrogen-bond donors (Lipinski definition) is 4.